The van der Waals surface area contributed by atoms with Crippen molar-refractivity contribution in [3.8, 4) is 0 Å². The molecule has 8 heteroatoms. The zero-order valence-electron chi connectivity index (χ0n) is 7.41. The van der Waals surface area contributed by atoms with E-state index in [4.69, 9.17) is 4.55 Å². The molecule has 0 heterocycles. The highest BCUT2D eigenvalue weighted by Crippen LogP contribution is 2.09. The van der Waals surface area contributed by atoms with Crippen molar-refractivity contribution in [2.45, 2.75) is 11.4 Å². The number of benzene rings is 1. The monoisotopic (exact) mass is 250 g/mol. The Bertz CT molecular complexity index is 453. The molecule has 0 aliphatic heterocycles. The summed E-state index contributed by atoms with van der Waals surface area (Å²) in [4.78, 5) is -0.227. The van der Waals surface area contributed by atoms with Gasteiger partial charge in [0.25, 0.3) is 10.1 Å². The van der Waals surface area contributed by atoms with E-state index in [-0.39, 0.29) is 11.4 Å². The molecule has 1 unspecified atom stereocenters. The predicted molar refractivity (Wildman–Crippen MR) is 52.0 cm³/mol. The van der Waals surface area contributed by atoms with E-state index in [1.807, 2.05) is 0 Å². The number of nitrogens with one attached hydrogen (secondary N) is 1. The van der Waals surface area contributed by atoms with E-state index in [1.165, 1.54) is 24.3 Å². The third-order valence-corrected chi connectivity index (χ3v) is 2.86. The van der Waals surface area contributed by atoms with Gasteiger partial charge in [-0.3, -0.25) is 8.76 Å². The molecule has 6 nitrogen and oxygen atoms in total. The Balaban J connectivity index is 2.77. The summed E-state index contributed by atoms with van der Waals surface area (Å²) in [7, 11) is -4.19. The Kier molecular flexibility index (Phi) is 3.94. The SMILES string of the molecule is O=S([O-])NCc1ccc(S(=O)(=O)O)cc1. The van der Waals surface area contributed by atoms with Gasteiger partial charge in [-0.05, 0) is 17.7 Å². The van der Waals surface area contributed by atoms with Crippen molar-refractivity contribution >= 4 is 21.4 Å². The van der Waals surface area contributed by atoms with Crippen molar-refractivity contribution < 1.29 is 21.7 Å². The highest BCUT2D eigenvalue weighted by molar-refractivity contribution is 7.85. The van der Waals surface area contributed by atoms with Crippen LogP contribution in [0.25, 0.3) is 0 Å². The van der Waals surface area contributed by atoms with Gasteiger partial charge in [-0.1, -0.05) is 12.1 Å². The van der Waals surface area contributed by atoms with Gasteiger partial charge in [-0.25, -0.2) is 4.72 Å². The molecule has 0 amide bonds. The van der Waals surface area contributed by atoms with E-state index >= 15 is 0 Å². The molecule has 0 aliphatic rings. The molecule has 1 aromatic carbocycles. The molecular weight excluding hydrogens is 242 g/mol. The number of hydrogen-bond donors (Lipinski definition) is 2. The van der Waals surface area contributed by atoms with Crippen LogP contribution >= 0.6 is 0 Å². The number of hydrogen-bond acceptors (Lipinski definition) is 4. The molecule has 0 radical (unpaired) electrons. The lowest BCUT2D eigenvalue weighted by Crippen LogP contribution is -2.15. The van der Waals surface area contributed by atoms with Crippen molar-refractivity contribution in [2.75, 3.05) is 0 Å². The lowest BCUT2D eigenvalue weighted by Gasteiger charge is -2.07. The minimum atomic E-state index is -4.19. The van der Waals surface area contributed by atoms with Crippen LogP contribution < -0.4 is 4.72 Å². The summed E-state index contributed by atoms with van der Waals surface area (Å²) in [6.07, 6.45) is 0. The Morgan fingerprint density at radius 1 is 1.33 bits per heavy atom. The normalized spacial score (nSPS) is 13.7. The third-order valence-electron chi connectivity index (χ3n) is 1.62. The second kappa shape index (κ2) is 4.81. The van der Waals surface area contributed by atoms with Crippen LogP contribution in [-0.4, -0.2) is 21.7 Å². The molecule has 2 N–H and O–H groups in total. The Morgan fingerprint density at radius 3 is 2.27 bits per heavy atom. The predicted octanol–water partition coefficient (Wildman–Crippen LogP) is -0.183. The molecule has 0 saturated carbocycles. The smallest absolute Gasteiger partial charge is 0.294 e. The van der Waals surface area contributed by atoms with Crippen LogP contribution in [0.15, 0.2) is 29.2 Å². The van der Waals surface area contributed by atoms with Crippen LogP contribution in [0.4, 0.5) is 0 Å². The topological polar surface area (TPSA) is 107 Å². The molecule has 0 aliphatic carbocycles. The fourth-order valence-electron chi connectivity index (χ4n) is 0.922. The maximum absolute atomic E-state index is 10.7. The van der Waals surface area contributed by atoms with E-state index in [1.54, 1.807) is 0 Å². The van der Waals surface area contributed by atoms with Gasteiger partial charge in [-0.15, -0.1) is 0 Å². The molecule has 1 aromatic rings. The summed E-state index contributed by atoms with van der Waals surface area (Å²) in [5.74, 6) is 0. The Morgan fingerprint density at radius 2 is 1.87 bits per heavy atom. The van der Waals surface area contributed by atoms with Gasteiger partial charge in [0.15, 0.2) is 0 Å². The molecule has 0 aromatic heterocycles. The van der Waals surface area contributed by atoms with Gasteiger partial charge in [0.05, 0.1) is 4.90 Å². The summed E-state index contributed by atoms with van der Waals surface area (Å²) in [6, 6.07) is 5.20. The summed E-state index contributed by atoms with van der Waals surface area (Å²) < 4.78 is 52.4. The number of rotatable bonds is 4. The van der Waals surface area contributed by atoms with Crippen LogP contribution in [0.2, 0.25) is 0 Å². The van der Waals surface area contributed by atoms with Crippen LogP contribution in [0.1, 0.15) is 5.56 Å². The molecule has 0 fully saturated rings. The van der Waals surface area contributed by atoms with Gasteiger partial charge in [0, 0.05) is 17.8 Å². The van der Waals surface area contributed by atoms with Gasteiger partial charge >= 0.3 is 0 Å². The second-order valence-electron chi connectivity index (χ2n) is 2.67. The maximum Gasteiger partial charge on any atom is 0.294 e. The standard InChI is InChI=1S/C7H9NO5S2/c9-14(10)8-5-6-1-3-7(4-2-6)15(11,12)13/h1-4,8H,5H2,(H,9,10)(H,11,12,13)/p-1. The summed E-state index contributed by atoms with van der Waals surface area (Å²) in [5.41, 5.74) is 0.589. The highest BCUT2D eigenvalue weighted by atomic mass is 32.2. The van der Waals surface area contributed by atoms with Crippen LogP contribution in [0.5, 0.6) is 0 Å². The molecular formula is C7H8NO5S2-. The fourth-order valence-corrected chi connectivity index (χ4v) is 1.69. The van der Waals surface area contributed by atoms with E-state index < -0.39 is 21.4 Å². The van der Waals surface area contributed by atoms with E-state index in [0.717, 1.165) is 0 Å². The fraction of sp³-hybridized carbons (Fsp3) is 0.143. The Hall–Kier alpha value is -0.800. The zero-order chi connectivity index (χ0) is 11.5. The van der Waals surface area contributed by atoms with Crippen LogP contribution in [0, 0.1) is 0 Å². The second-order valence-corrected chi connectivity index (χ2v) is 4.85. The Labute approximate surface area is 89.5 Å². The molecule has 0 saturated heterocycles. The maximum atomic E-state index is 10.7. The van der Waals surface area contributed by atoms with E-state index in [0.29, 0.717) is 5.56 Å². The minimum Gasteiger partial charge on any atom is -0.760 e. The third kappa shape index (κ3) is 4.06. The van der Waals surface area contributed by atoms with Crippen molar-refractivity contribution in [3.05, 3.63) is 29.8 Å². The van der Waals surface area contributed by atoms with Crippen LogP contribution in [0.3, 0.4) is 0 Å². The lowest BCUT2D eigenvalue weighted by atomic mass is 10.2. The molecule has 84 valence electrons. The van der Waals surface area contributed by atoms with Crippen LogP contribution in [-0.2, 0) is 27.9 Å². The molecule has 15 heavy (non-hydrogen) atoms. The first-order valence-electron chi connectivity index (χ1n) is 3.79. The lowest BCUT2D eigenvalue weighted by molar-refractivity contribution is 0.483. The quantitative estimate of drug-likeness (QED) is 0.569. The van der Waals surface area contributed by atoms with Gasteiger partial charge < -0.3 is 4.55 Å². The van der Waals surface area contributed by atoms with Crippen molar-refractivity contribution in [3.63, 3.8) is 0 Å². The van der Waals surface area contributed by atoms with E-state index in [9.17, 15) is 17.2 Å². The first-order chi connectivity index (χ1) is 6.89. The minimum absolute atomic E-state index is 0.0713. The van der Waals surface area contributed by atoms with Gasteiger partial charge in [0.2, 0.25) is 0 Å². The average molecular weight is 250 g/mol. The van der Waals surface area contributed by atoms with Crippen molar-refractivity contribution in [2.24, 2.45) is 0 Å². The molecule has 0 bridgehead atoms. The summed E-state index contributed by atoms with van der Waals surface area (Å²) >= 11 is -2.36. The summed E-state index contributed by atoms with van der Waals surface area (Å²) in [5, 5.41) is 0. The van der Waals surface area contributed by atoms with Crippen molar-refractivity contribution in [1.82, 2.24) is 4.72 Å². The largest absolute Gasteiger partial charge is 0.760 e. The first kappa shape index (κ1) is 12.3. The summed E-state index contributed by atoms with van der Waals surface area (Å²) in [6.45, 7) is 0.0713. The van der Waals surface area contributed by atoms with Gasteiger partial charge in [0.1, 0.15) is 0 Å². The van der Waals surface area contributed by atoms with E-state index in [2.05, 4.69) is 4.72 Å². The first-order valence-corrected chi connectivity index (χ1v) is 6.30. The zero-order valence-corrected chi connectivity index (χ0v) is 9.05. The average Bonchev–Trinajstić information content (AvgIpc) is 2.14. The highest BCUT2D eigenvalue weighted by Gasteiger charge is 2.07. The molecule has 0 spiro atoms. The molecule has 1 rings (SSSR count). The molecule has 1 atom stereocenters. The van der Waals surface area contributed by atoms with Crippen molar-refractivity contribution in [1.29, 1.82) is 0 Å². The van der Waals surface area contributed by atoms with Gasteiger partial charge in [-0.2, -0.15) is 8.42 Å².